The molecule has 0 radical (unpaired) electrons. The van der Waals surface area contributed by atoms with Crippen LogP contribution in [0.3, 0.4) is 0 Å². The number of primary amides is 1. The fourth-order valence-corrected chi connectivity index (χ4v) is 3.43. The zero-order chi connectivity index (χ0) is 20.6. The van der Waals surface area contributed by atoms with Gasteiger partial charge in [0.25, 0.3) is 0 Å². The quantitative estimate of drug-likeness (QED) is 0.527. The molecule has 1 aliphatic rings. The molecule has 0 aromatic heterocycles. The molecule has 3 nitrogen and oxygen atoms in total. The number of hydrogen-bond donors (Lipinski definition) is 1. The van der Waals surface area contributed by atoms with Gasteiger partial charge in [-0.3, -0.25) is 4.79 Å². The van der Waals surface area contributed by atoms with Crippen LogP contribution in [0.1, 0.15) is 61.6 Å². The lowest BCUT2D eigenvalue weighted by Gasteiger charge is -2.24. The fourth-order valence-electron chi connectivity index (χ4n) is 3.43. The lowest BCUT2D eigenvalue weighted by Crippen LogP contribution is -2.06. The molecule has 1 aliphatic carbocycles. The van der Waals surface area contributed by atoms with Crippen molar-refractivity contribution in [1.29, 1.82) is 0 Å². The number of aryl methyl sites for hydroxylation is 1. The molecule has 0 saturated heterocycles. The summed E-state index contributed by atoms with van der Waals surface area (Å²) >= 11 is 0. The average Bonchev–Trinajstić information content (AvgIpc) is 2.71. The van der Waals surface area contributed by atoms with E-state index in [1.807, 2.05) is 30.3 Å². The van der Waals surface area contributed by atoms with E-state index < -0.39 is 0 Å². The first-order valence-electron chi connectivity index (χ1n) is 10.1. The van der Waals surface area contributed by atoms with Gasteiger partial charge in [0.1, 0.15) is 0 Å². The molecule has 2 aromatic carbocycles. The minimum absolute atomic E-state index is 0.250. The number of carbonyl (C=O) groups excluding carboxylic acids is 1. The van der Waals surface area contributed by atoms with Gasteiger partial charge in [-0.15, -0.1) is 0 Å². The molecule has 28 heavy (non-hydrogen) atoms. The highest BCUT2D eigenvalue weighted by Crippen LogP contribution is 2.35. The molecule has 3 rings (SSSR count). The van der Waals surface area contributed by atoms with Crippen LogP contribution in [-0.2, 0) is 16.1 Å². The van der Waals surface area contributed by atoms with Crippen molar-refractivity contribution in [2.75, 3.05) is 7.11 Å². The van der Waals surface area contributed by atoms with Gasteiger partial charge >= 0.3 is 0 Å². The first-order chi connectivity index (χ1) is 13.6. The number of carbonyl (C=O) groups is 1. The van der Waals surface area contributed by atoms with Crippen LogP contribution in [0, 0.1) is 6.92 Å². The van der Waals surface area contributed by atoms with E-state index in [1.54, 1.807) is 12.7 Å². The summed E-state index contributed by atoms with van der Waals surface area (Å²) in [6.07, 6.45) is 9.22. The van der Waals surface area contributed by atoms with Gasteiger partial charge in [0.2, 0.25) is 6.41 Å². The predicted octanol–water partition coefficient (Wildman–Crippen LogP) is 5.92. The predicted molar refractivity (Wildman–Crippen MR) is 118 cm³/mol. The molecule has 152 valence electrons. The Bertz CT molecular complexity index is 677. The van der Waals surface area contributed by atoms with E-state index >= 15 is 0 Å². The summed E-state index contributed by atoms with van der Waals surface area (Å²) in [7, 11) is 1.70. The van der Waals surface area contributed by atoms with Crippen molar-refractivity contribution >= 4 is 6.41 Å². The van der Waals surface area contributed by atoms with Crippen molar-refractivity contribution in [3.05, 3.63) is 82.9 Å². The summed E-state index contributed by atoms with van der Waals surface area (Å²) < 4.78 is 4.93. The van der Waals surface area contributed by atoms with E-state index in [9.17, 15) is 0 Å². The van der Waals surface area contributed by atoms with Crippen LogP contribution < -0.4 is 5.73 Å². The number of methoxy groups -OCH3 is 1. The minimum atomic E-state index is 0.250. The number of benzene rings is 2. The Morgan fingerprint density at radius 1 is 1.11 bits per heavy atom. The van der Waals surface area contributed by atoms with Crippen molar-refractivity contribution in [2.45, 2.75) is 58.5 Å². The normalized spacial score (nSPS) is 17.0. The van der Waals surface area contributed by atoms with Crippen molar-refractivity contribution < 1.29 is 9.53 Å². The first kappa shape index (κ1) is 23.6. The molecule has 0 spiro atoms. The Balaban J connectivity index is 0.000000276. The number of amides is 1. The Morgan fingerprint density at radius 3 is 2.32 bits per heavy atom. The van der Waals surface area contributed by atoms with Crippen molar-refractivity contribution in [3.63, 3.8) is 0 Å². The SMILES string of the molecule is CC/C=C1\CCCC(c2ccc(C)cc2)C1.COCc1ccccc1.NC=O. The van der Waals surface area contributed by atoms with Crippen LogP contribution in [0.15, 0.2) is 66.2 Å². The summed E-state index contributed by atoms with van der Waals surface area (Å²) in [4.78, 5) is 8.58. The summed E-state index contributed by atoms with van der Waals surface area (Å²) in [6.45, 7) is 5.11. The second-order valence-electron chi connectivity index (χ2n) is 7.03. The van der Waals surface area contributed by atoms with Gasteiger partial charge in [0, 0.05) is 7.11 Å². The minimum Gasteiger partial charge on any atom is -0.380 e. The van der Waals surface area contributed by atoms with Gasteiger partial charge in [-0.05, 0) is 56.1 Å². The van der Waals surface area contributed by atoms with Gasteiger partial charge in [-0.25, -0.2) is 0 Å². The zero-order valence-electron chi connectivity index (χ0n) is 17.6. The highest BCUT2D eigenvalue weighted by molar-refractivity contribution is 5.42. The van der Waals surface area contributed by atoms with E-state index in [1.165, 1.54) is 48.8 Å². The average molecular weight is 382 g/mol. The molecular formula is C25H35NO2. The lowest BCUT2D eigenvalue weighted by atomic mass is 9.81. The smallest absolute Gasteiger partial charge is 0.204 e. The summed E-state index contributed by atoms with van der Waals surface area (Å²) in [5.41, 5.74) is 9.97. The van der Waals surface area contributed by atoms with E-state index in [0.717, 1.165) is 5.92 Å². The van der Waals surface area contributed by atoms with Gasteiger partial charge in [0.05, 0.1) is 6.61 Å². The molecule has 2 N–H and O–H groups in total. The molecule has 2 aromatic rings. The van der Waals surface area contributed by atoms with Gasteiger partial charge in [-0.2, -0.15) is 0 Å². The summed E-state index contributed by atoms with van der Waals surface area (Å²) in [6, 6.07) is 19.2. The van der Waals surface area contributed by atoms with Crippen LogP contribution in [0.4, 0.5) is 0 Å². The summed E-state index contributed by atoms with van der Waals surface area (Å²) in [5, 5.41) is 0. The van der Waals surface area contributed by atoms with Crippen LogP contribution in [0.2, 0.25) is 0 Å². The fraction of sp³-hybridized carbons (Fsp3) is 0.400. The largest absolute Gasteiger partial charge is 0.380 e. The number of allylic oxidation sites excluding steroid dienone is 2. The van der Waals surface area contributed by atoms with E-state index in [-0.39, 0.29) is 6.41 Å². The Hall–Kier alpha value is -2.39. The third-order valence-electron chi connectivity index (χ3n) is 4.75. The monoisotopic (exact) mass is 381 g/mol. The molecular weight excluding hydrogens is 346 g/mol. The van der Waals surface area contributed by atoms with Gasteiger partial charge in [-0.1, -0.05) is 78.7 Å². The van der Waals surface area contributed by atoms with Crippen LogP contribution in [-0.4, -0.2) is 13.5 Å². The standard InChI is InChI=1S/C16H22.C8H10O.CH3NO/c1-3-5-14-6-4-7-16(12-14)15-10-8-13(2)9-11-15;1-9-7-8-5-3-2-4-6-8;2-1-3/h5,8-11,16H,3-4,6-7,12H2,1-2H3;2-6H,7H2,1H3;1H,(H2,2,3)/b14-5+;;. The number of rotatable bonds is 4. The zero-order valence-corrected chi connectivity index (χ0v) is 17.6. The van der Waals surface area contributed by atoms with Crippen molar-refractivity contribution in [2.24, 2.45) is 5.73 Å². The molecule has 0 bridgehead atoms. The number of hydrogen-bond acceptors (Lipinski definition) is 2. The molecule has 1 unspecified atom stereocenters. The maximum absolute atomic E-state index is 8.58. The van der Waals surface area contributed by atoms with Crippen molar-refractivity contribution in [3.8, 4) is 0 Å². The Labute approximate surface area is 170 Å². The number of ether oxygens (including phenoxy) is 1. The van der Waals surface area contributed by atoms with Gasteiger partial charge < -0.3 is 10.5 Å². The van der Waals surface area contributed by atoms with E-state index in [0.29, 0.717) is 6.61 Å². The summed E-state index contributed by atoms with van der Waals surface area (Å²) in [5.74, 6) is 0.771. The molecule has 1 amide bonds. The second-order valence-corrected chi connectivity index (χ2v) is 7.03. The van der Waals surface area contributed by atoms with E-state index in [2.05, 4.69) is 49.9 Å². The third kappa shape index (κ3) is 9.52. The van der Waals surface area contributed by atoms with Crippen molar-refractivity contribution in [1.82, 2.24) is 0 Å². The Morgan fingerprint density at radius 2 is 1.75 bits per heavy atom. The second kappa shape index (κ2) is 14.6. The highest BCUT2D eigenvalue weighted by Gasteiger charge is 2.18. The van der Waals surface area contributed by atoms with Crippen LogP contribution >= 0.6 is 0 Å². The molecule has 3 heteroatoms. The third-order valence-corrected chi connectivity index (χ3v) is 4.75. The maximum Gasteiger partial charge on any atom is 0.204 e. The topological polar surface area (TPSA) is 52.3 Å². The van der Waals surface area contributed by atoms with E-state index in [4.69, 9.17) is 9.53 Å². The molecule has 1 saturated carbocycles. The van der Waals surface area contributed by atoms with Crippen LogP contribution in [0.25, 0.3) is 0 Å². The highest BCUT2D eigenvalue weighted by atomic mass is 16.5. The Kier molecular flexibility index (Phi) is 12.4. The first-order valence-corrected chi connectivity index (χ1v) is 10.1. The molecule has 1 atom stereocenters. The van der Waals surface area contributed by atoms with Crippen LogP contribution in [0.5, 0.6) is 0 Å². The number of nitrogens with two attached hydrogens (primary N) is 1. The maximum atomic E-state index is 8.58. The lowest BCUT2D eigenvalue weighted by molar-refractivity contribution is -0.106. The molecule has 0 heterocycles. The van der Waals surface area contributed by atoms with Gasteiger partial charge in [0.15, 0.2) is 0 Å². The molecule has 1 fully saturated rings. The molecule has 0 aliphatic heterocycles.